The van der Waals surface area contributed by atoms with Gasteiger partial charge in [0.1, 0.15) is 0 Å². The Bertz CT molecular complexity index is 953. The highest BCUT2D eigenvalue weighted by atomic mass is 16.4. The highest BCUT2D eigenvalue weighted by Crippen LogP contribution is 2.20. The van der Waals surface area contributed by atoms with Gasteiger partial charge < -0.3 is 15.5 Å². The van der Waals surface area contributed by atoms with Crippen LogP contribution in [0.15, 0.2) is 53.6 Å². The van der Waals surface area contributed by atoms with Crippen molar-refractivity contribution in [2.75, 3.05) is 16.9 Å². The van der Waals surface area contributed by atoms with E-state index in [4.69, 9.17) is 10.2 Å². The molecule has 1 aliphatic rings. The Morgan fingerprint density at radius 1 is 0.938 bits per heavy atom. The summed E-state index contributed by atoms with van der Waals surface area (Å²) in [5.41, 5.74) is 2.85. The lowest BCUT2D eigenvalue weighted by molar-refractivity contribution is -0.116. The first-order valence-electron chi connectivity index (χ1n) is 10.6. The number of carboxylic acids is 2. The van der Waals surface area contributed by atoms with E-state index in [1.807, 2.05) is 12.1 Å². The fourth-order valence-electron chi connectivity index (χ4n) is 3.02. The zero-order valence-electron chi connectivity index (χ0n) is 18.4. The van der Waals surface area contributed by atoms with Gasteiger partial charge in [-0.15, -0.1) is 0 Å². The van der Waals surface area contributed by atoms with Gasteiger partial charge in [0.2, 0.25) is 0 Å². The fourth-order valence-corrected chi connectivity index (χ4v) is 3.02. The van der Waals surface area contributed by atoms with Gasteiger partial charge in [-0.2, -0.15) is 5.10 Å². The zero-order valence-corrected chi connectivity index (χ0v) is 18.4. The first-order valence-corrected chi connectivity index (χ1v) is 10.6. The summed E-state index contributed by atoms with van der Waals surface area (Å²) in [5, 5.41) is 26.1. The number of carbonyl (C=O) groups excluding carboxylic acids is 1. The second-order valence-corrected chi connectivity index (χ2v) is 7.44. The molecule has 32 heavy (non-hydrogen) atoms. The molecule has 0 aromatic heterocycles. The van der Waals surface area contributed by atoms with E-state index in [9.17, 15) is 14.4 Å². The van der Waals surface area contributed by atoms with Crippen molar-refractivity contribution in [3.05, 3.63) is 59.7 Å². The van der Waals surface area contributed by atoms with Crippen LogP contribution in [0.3, 0.4) is 0 Å². The van der Waals surface area contributed by atoms with Gasteiger partial charge in [-0.3, -0.25) is 4.79 Å². The molecule has 0 spiro atoms. The number of hydrogen-bond acceptors (Lipinski definition) is 5. The van der Waals surface area contributed by atoms with E-state index in [1.165, 1.54) is 36.4 Å². The number of amides is 1. The summed E-state index contributed by atoms with van der Waals surface area (Å²) >= 11 is 0. The molecule has 2 aromatic rings. The van der Waals surface area contributed by atoms with E-state index < -0.39 is 11.9 Å². The molecule has 8 nitrogen and oxygen atoms in total. The second kappa shape index (κ2) is 12.2. The highest BCUT2D eigenvalue weighted by Gasteiger charge is 2.22. The second-order valence-electron chi connectivity index (χ2n) is 7.44. The minimum Gasteiger partial charge on any atom is -0.478 e. The largest absolute Gasteiger partial charge is 0.478 e. The molecule has 0 bridgehead atoms. The van der Waals surface area contributed by atoms with Crippen molar-refractivity contribution in [3.63, 3.8) is 0 Å². The average molecular weight is 440 g/mol. The molecule has 0 radical (unpaired) electrons. The summed E-state index contributed by atoms with van der Waals surface area (Å²) in [7, 11) is 0. The molecule has 0 aliphatic carbocycles. The third-order valence-electron chi connectivity index (χ3n) is 4.76. The molecular weight excluding hydrogens is 410 g/mol. The summed E-state index contributed by atoms with van der Waals surface area (Å²) < 4.78 is 0. The molecule has 170 valence electrons. The summed E-state index contributed by atoms with van der Waals surface area (Å²) in [5.74, 6) is -1.96. The van der Waals surface area contributed by atoms with Crippen LogP contribution < -0.4 is 10.3 Å². The van der Waals surface area contributed by atoms with E-state index in [-0.39, 0.29) is 11.5 Å². The minimum absolute atomic E-state index is 0.0967. The predicted octanol–water partition coefficient (Wildman–Crippen LogP) is 4.87. The molecular formula is C24H29N3O5. The smallest absolute Gasteiger partial charge is 0.335 e. The molecule has 1 heterocycles. The van der Waals surface area contributed by atoms with Crippen LogP contribution in [0.4, 0.5) is 11.4 Å². The van der Waals surface area contributed by atoms with Crippen molar-refractivity contribution in [1.29, 1.82) is 0 Å². The monoisotopic (exact) mass is 439 g/mol. The van der Waals surface area contributed by atoms with Gasteiger partial charge in [0.05, 0.1) is 23.2 Å². The number of aromatic carboxylic acids is 2. The van der Waals surface area contributed by atoms with Gasteiger partial charge >= 0.3 is 11.9 Å². The van der Waals surface area contributed by atoms with Gasteiger partial charge in [-0.25, -0.2) is 14.6 Å². The van der Waals surface area contributed by atoms with Crippen molar-refractivity contribution in [2.24, 2.45) is 5.10 Å². The lowest BCUT2D eigenvalue weighted by atomic mass is 10.2. The molecule has 2 aromatic carbocycles. The van der Waals surface area contributed by atoms with Crippen LogP contribution in [0.5, 0.6) is 0 Å². The molecule has 3 rings (SSSR count). The molecule has 1 aliphatic heterocycles. The van der Waals surface area contributed by atoms with Gasteiger partial charge in [0.15, 0.2) is 0 Å². The van der Waals surface area contributed by atoms with Crippen molar-refractivity contribution in [3.8, 4) is 0 Å². The zero-order chi connectivity index (χ0) is 23.5. The number of anilines is 2. The Morgan fingerprint density at radius 2 is 1.50 bits per heavy atom. The number of nitrogens with one attached hydrogen (secondary N) is 1. The van der Waals surface area contributed by atoms with Crippen LogP contribution in [0, 0.1) is 0 Å². The quantitative estimate of drug-likeness (QED) is 0.479. The topological polar surface area (TPSA) is 119 Å². The van der Waals surface area contributed by atoms with Crippen LogP contribution in [0.1, 0.15) is 66.7 Å². The van der Waals surface area contributed by atoms with Gasteiger partial charge in [0, 0.05) is 17.9 Å². The summed E-state index contributed by atoms with van der Waals surface area (Å²) in [4.78, 5) is 32.8. The van der Waals surface area contributed by atoms with E-state index in [0.717, 1.165) is 24.4 Å². The van der Waals surface area contributed by atoms with Gasteiger partial charge in [-0.1, -0.05) is 26.2 Å². The van der Waals surface area contributed by atoms with Crippen molar-refractivity contribution in [2.45, 2.75) is 46.0 Å². The van der Waals surface area contributed by atoms with Crippen molar-refractivity contribution < 1.29 is 24.6 Å². The average Bonchev–Trinajstić information content (AvgIpc) is 3.12. The molecule has 3 N–H and O–H groups in total. The molecule has 0 saturated heterocycles. The van der Waals surface area contributed by atoms with Crippen LogP contribution in [0.2, 0.25) is 0 Å². The summed E-state index contributed by atoms with van der Waals surface area (Å²) in [6.07, 6.45) is 5.25. The number of carbonyl (C=O) groups is 3. The van der Waals surface area contributed by atoms with Gasteiger partial charge in [0.25, 0.3) is 5.91 Å². The SMILES string of the molecule is CC1=NN(c2ccc(C(=O)O)cc2)C(=O)C1.CCCCCCNc1ccc(C(=O)O)cc1. The van der Waals surface area contributed by atoms with Crippen molar-refractivity contribution in [1.82, 2.24) is 0 Å². The Balaban J connectivity index is 0.000000227. The fraction of sp³-hybridized carbons (Fsp3) is 0.333. The van der Waals surface area contributed by atoms with Crippen LogP contribution in [-0.2, 0) is 4.79 Å². The number of hydrogen-bond donors (Lipinski definition) is 3. The maximum atomic E-state index is 11.5. The number of unbranched alkanes of at least 4 members (excludes halogenated alkanes) is 3. The third kappa shape index (κ3) is 7.54. The molecule has 0 unspecified atom stereocenters. The van der Waals surface area contributed by atoms with E-state index in [0.29, 0.717) is 17.7 Å². The Labute approximate surface area is 187 Å². The number of benzene rings is 2. The standard InChI is InChI=1S/C13H19NO2.C11H10N2O3/c1-2-3-4-5-10-14-12-8-6-11(7-9-12)13(15)16;1-7-6-10(14)13(12-7)9-4-2-8(3-5-9)11(15)16/h6-9,14H,2-5,10H2,1H3,(H,15,16);2-5H,6H2,1H3,(H,15,16). The molecule has 0 saturated carbocycles. The first-order chi connectivity index (χ1) is 15.3. The Morgan fingerprint density at radius 3 is 1.97 bits per heavy atom. The summed E-state index contributed by atoms with van der Waals surface area (Å²) in [6, 6.07) is 12.9. The van der Waals surface area contributed by atoms with Crippen LogP contribution in [-0.4, -0.2) is 40.3 Å². The first kappa shape index (κ1) is 24.6. The third-order valence-corrected chi connectivity index (χ3v) is 4.76. The van der Waals surface area contributed by atoms with Gasteiger partial charge in [-0.05, 0) is 61.9 Å². The number of hydrazone groups is 1. The lowest BCUT2D eigenvalue weighted by Crippen LogP contribution is -2.19. The maximum absolute atomic E-state index is 11.5. The van der Waals surface area contributed by atoms with Crippen LogP contribution >= 0.6 is 0 Å². The lowest BCUT2D eigenvalue weighted by Gasteiger charge is -2.11. The number of nitrogens with zero attached hydrogens (tertiary/aromatic N) is 2. The maximum Gasteiger partial charge on any atom is 0.335 e. The molecule has 0 fully saturated rings. The minimum atomic E-state index is -0.987. The molecule has 1 amide bonds. The Hall–Kier alpha value is -3.68. The van der Waals surface area contributed by atoms with Crippen molar-refractivity contribution >= 4 is 34.9 Å². The van der Waals surface area contributed by atoms with E-state index in [1.54, 1.807) is 31.2 Å². The number of carboxylic acid groups (broad SMARTS) is 2. The number of rotatable bonds is 9. The summed E-state index contributed by atoms with van der Waals surface area (Å²) in [6.45, 7) is 4.92. The van der Waals surface area contributed by atoms with E-state index in [2.05, 4.69) is 17.3 Å². The highest BCUT2D eigenvalue weighted by molar-refractivity contribution is 6.12. The molecule has 8 heteroatoms. The van der Waals surface area contributed by atoms with Crippen LogP contribution in [0.25, 0.3) is 0 Å². The Kier molecular flexibility index (Phi) is 9.41. The van der Waals surface area contributed by atoms with E-state index >= 15 is 0 Å². The predicted molar refractivity (Wildman–Crippen MR) is 125 cm³/mol. The molecule has 0 atom stereocenters. The normalized spacial score (nSPS) is 12.6.